The van der Waals surface area contributed by atoms with Crippen LogP contribution in [0.25, 0.3) is 6.08 Å². The molecular weight excluding hydrogens is 275 g/mol. The molecule has 0 spiro atoms. The van der Waals surface area contributed by atoms with Gasteiger partial charge in [-0.25, -0.2) is 0 Å². The summed E-state index contributed by atoms with van der Waals surface area (Å²) in [5.74, 6) is 2.49. The Morgan fingerprint density at radius 3 is 1.86 bits per heavy atom. The second-order valence-electron chi connectivity index (χ2n) is 6.55. The second kappa shape index (κ2) is 7.61. The van der Waals surface area contributed by atoms with Crippen LogP contribution < -0.4 is 0 Å². The minimum Gasteiger partial charge on any atom is -0.197 e. The van der Waals surface area contributed by atoms with Gasteiger partial charge >= 0.3 is 0 Å². The molecule has 0 aliphatic rings. The van der Waals surface area contributed by atoms with Crippen LogP contribution in [-0.2, 0) is 0 Å². The average Bonchev–Trinajstić information content (AvgIpc) is 2.39. The summed E-state index contributed by atoms with van der Waals surface area (Å²) in [6.07, 6.45) is 1.52. The van der Waals surface area contributed by atoms with Crippen LogP contribution in [0.2, 0.25) is 16.6 Å². The highest BCUT2D eigenvalue weighted by molar-refractivity contribution is 6.90. The molecule has 0 N–H and O–H groups in total. The van der Waals surface area contributed by atoms with E-state index in [0.29, 0.717) is 16.6 Å². The molecule has 0 atom stereocenters. The number of hydrogen-bond donors (Lipinski definition) is 0. The molecular formula is C19H27FSi. The molecule has 0 fully saturated rings. The molecule has 1 aromatic carbocycles. The topological polar surface area (TPSA) is 0 Å². The first-order valence-corrected chi connectivity index (χ1v) is 9.99. The second-order valence-corrected chi connectivity index (χ2v) is 12.1. The van der Waals surface area contributed by atoms with E-state index >= 15 is 0 Å². The van der Waals surface area contributed by atoms with Gasteiger partial charge in [0, 0.05) is 0 Å². The van der Waals surface area contributed by atoms with Crippen molar-refractivity contribution >= 4 is 14.1 Å². The zero-order valence-electron chi connectivity index (χ0n) is 14.1. The minimum atomic E-state index is -1.85. The number of halogens is 1. The van der Waals surface area contributed by atoms with E-state index in [9.17, 15) is 4.39 Å². The quantitative estimate of drug-likeness (QED) is 0.457. The summed E-state index contributed by atoms with van der Waals surface area (Å²) < 4.78 is 14.1. The van der Waals surface area contributed by atoms with E-state index in [1.807, 2.05) is 30.3 Å². The van der Waals surface area contributed by atoms with Crippen molar-refractivity contribution in [2.75, 3.05) is 0 Å². The van der Waals surface area contributed by atoms with Gasteiger partial charge in [-0.3, -0.25) is 0 Å². The largest absolute Gasteiger partial charge is 0.197 e. The number of hydrogen-bond acceptors (Lipinski definition) is 0. The summed E-state index contributed by atoms with van der Waals surface area (Å²) in [5.41, 5.74) is 5.82. The zero-order valence-corrected chi connectivity index (χ0v) is 15.1. The molecule has 1 aromatic rings. The van der Waals surface area contributed by atoms with E-state index in [1.54, 1.807) is 0 Å². The van der Waals surface area contributed by atoms with Gasteiger partial charge in [0.05, 0.1) is 0 Å². The third kappa shape index (κ3) is 4.31. The van der Waals surface area contributed by atoms with Crippen LogP contribution in [0.1, 0.15) is 47.1 Å². The standard InChI is InChI=1S/C19H27FSi/c1-15(2)21(16(3)4,17(5)6)13-12-19(20)14-18-10-8-7-9-11-18/h7-11,14-17H,1-6H3/b19-14+. The van der Waals surface area contributed by atoms with E-state index in [-0.39, 0.29) is 5.83 Å². The summed E-state index contributed by atoms with van der Waals surface area (Å²) in [7, 11) is -1.85. The highest BCUT2D eigenvalue weighted by Gasteiger charge is 2.41. The predicted octanol–water partition coefficient (Wildman–Crippen LogP) is 6.22. The molecule has 0 aliphatic heterocycles. The lowest BCUT2D eigenvalue weighted by Crippen LogP contribution is -2.43. The van der Waals surface area contributed by atoms with Crippen molar-refractivity contribution in [1.29, 1.82) is 0 Å². The van der Waals surface area contributed by atoms with Gasteiger partial charge in [-0.05, 0) is 34.2 Å². The summed E-state index contributed by atoms with van der Waals surface area (Å²) in [6, 6.07) is 9.51. The van der Waals surface area contributed by atoms with Gasteiger partial charge in [0.15, 0.2) is 5.83 Å². The summed E-state index contributed by atoms with van der Waals surface area (Å²) in [5, 5.41) is 0. The molecule has 0 radical (unpaired) electrons. The molecule has 1 rings (SSSR count). The number of rotatable bonds is 4. The molecule has 0 saturated carbocycles. The first-order valence-electron chi connectivity index (χ1n) is 7.76. The molecule has 0 nitrogen and oxygen atoms in total. The Kier molecular flexibility index (Phi) is 6.42. The van der Waals surface area contributed by atoms with Crippen LogP contribution in [0.15, 0.2) is 36.2 Å². The van der Waals surface area contributed by atoms with Gasteiger partial charge in [-0.2, -0.15) is 4.39 Å². The SMILES string of the molecule is CC(C)[Si](C#C/C(F)=C\c1ccccc1)(C(C)C)C(C)C. The molecule has 0 amide bonds. The predicted molar refractivity (Wildman–Crippen MR) is 94.4 cm³/mol. The van der Waals surface area contributed by atoms with E-state index in [2.05, 4.69) is 53.0 Å². The Morgan fingerprint density at radius 2 is 1.43 bits per heavy atom. The Bertz CT molecular complexity index is 508. The Morgan fingerprint density at radius 1 is 0.952 bits per heavy atom. The van der Waals surface area contributed by atoms with Gasteiger partial charge in [0.2, 0.25) is 0 Å². The fourth-order valence-corrected chi connectivity index (χ4v) is 8.53. The van der Waals surface area contributed by atoms with Crippen molar-refractivity contribution in [2.24, 2.45) is 0 Å². The normalized spacial score (nSPS) is 12.8. The number of benzene rings is 1. The fourth-order valence-electron chi connectivity index (χ4n) is 3.33. The molecule has 2 heteroatoms. The maximum absolute atomic E-state index is 14.1. The zero-order chi connectivity index (χ0) is 16.0. The smallest absolute Gasteiger partial charge is 0.173 e. The molecule has 0 saturated heterocycles. The van der Waals surface area contributed by atoms with Gasteiger partial charge in [0.25, 0.3) is 0 Å². The maximum atomic E-state index is 14.1. The van der Waals surface area contributed by atoms with Crippen molar-refractivity contribution < 1.29 is 4.39 Å². The minimum absolute atomic E-state index is 0.333. The van der Waals surface area contributed by atoms with Crippen LogP contribution in [0, 0.1) is 11.5 Å². The van der Waals surface area contributed by atoms with Crippen molar-refractivity contribution in [3.05, 3.63) is 41.7 Å². The van der Waals surface area contributed by atoms with Gasteiger partial charge < -0.3 is 0 Å². The molecule has 0 unspecified atom stereocenters. The Balaban J connectivity index is 3.14. The van der Waals surface area contributed by atoms with E-state index in [4.69, 9.17) is 0 Å². The van der Waals surface area contributed by atoms with Crippen LogP contribution >= 0.6 is 0 Å². The monoisotopic (exact) mass is 302 g/mol. The lowest BCUT2D eigenvalue weighted by Gasteiger charge is -2.37. The van der Waals surface area contributed by atoms with Crippen LogP contribution in [-0.4, -0.2) is 8.07 Å². The highest BCUT2D eigenvalue weighted by Crippen LogP contribution is 2.40. The lowest BCUT2D eigenvalue weighted by atomic mass is 10.2. The van der Waals surface area contributed by atoms with Crippen molar-refractivity contribution in [3.63, 3.8) is 0 Å². The van der Waals surface area contributed by atoms with Gasteiger partial charge in [0.1, 0.15) is 8.07 Å². The van der Waals surface area contributed by atoms with Crippen LogP contribution in [0.3, 0.4) is 0 Å². The van der Waals surface area contributed by atoms with Crippen molar-refractivity contribution in [3.8, 4) is 11.5 Å². The molecule has 21 heavy (non-hydrogen) atoms. The van der Waals surface area contributed by atoms with E-state index in [1.165, 1.54) is 6.08 Å². The Hall–Kier alpha value is -1.33. The van der Waals surface area contributed by atoms with Crippen molar-refractivity contribution in [2.45, 2.75) is 58.2 Å². The molecule has 0 aliphatic carbocycles. The molecule has 114 valence electrons. The maximum Gasteiger partial charge on any atom is 0.173 e. The third-order valence-corrected chi connectivity index (χ3v) is 10.6. The third-order valence-electron chi connectivity index (χ3n) is 4.36. The Labute approximate surface area is 130 Å². The molecule has 0 heterocycles. The van der Waals surface area contributed by atoms with Gasteiger partial charge in [-0.15, -0.1) is 5.54 Å². The number of allylic oxidation sites excluding steroid dienone is 1. The van der Waals surface area contributed by atoms with E-state index in [0.717, 1.165) is 5.56 Å². The first-order chi connectivity index (χ1) is 9.80. The van der Waals surface area contributed by atoms with Crippen molar-refractivity contribution in [1.82, 2.24) is 0 Å². The fraction of sp³-hybridized carbons (Fsp3) is 0.474. The summed E-state index contributed by atoms with van der Waals surface area (Å²) in [4.78, 5) is 0. The lowest BCUT2D eigenvalue weighted by molar-refractivity contribution is 0.683. The summed E-state index contributed by atoms with van der Waals surface area (Å²) in [6.45, 7) is 13.4. The van der Waals surface area contributed by atoms with Crippen LogP contribution in [0.5, 0.6) is 0 Å². The average molecular weight is 303 g/mol. The van der Waals surface area contributed by atoms with Crippen LogP contribution in [0.4, 0.5) is 4.39 Å². The first kappa shape index (κ1) is 17.7. The highest BCUT2D eigenvalue weighted by atomic mass is 28.3. The molecule has 0 bridgehead atoms. The van der Waals surface area contributed by atoms with Gasteiger partial charge in [-0.1, -0.05) is 71.9 Å². The summed E-state index contributed by atoms with van der Waals surface area (Å²) >= 11 is 0. The molecule has 0 aromatic heterocycles. The van der Waals surface area contributed by atoms with E-state index < -0.39 is 8.07 Å².